The molecule has 6 nitrogen and oxygen atoms in total. The Morgan fingerprint density at radius 1 is 1.08 bits per heavy atom. The van der Waals surface area contributed by atoms with E-state index in [0.717, 1.165) is 39.1 Å². The van der Waals surface area contributed by atoms with Gasteiger partial charge in [0.25, 0.3) is 0 Å². The Labute approximate surface area is 159 Å². The van der Waals surface area contributed by atoms with E-state index in [9.17, 15) is 0 Å². The average Bonchev–Trinajstić information content (AvgIpc) is 2.88. The van der Waals surface area contributed by atoms with Crippen molar-refractivity contribution >= 4 is 32.7 Å². The number of halogens is 1. The molecule has 1 aliphatic rings. The number of anilines is 1. The summed E-state index contributed by atoms with van der Waals surface area (Å²) in [5.41, 5.74) is 1.93. The third kappa shape index (κ3) is 3.03. The first kappa shape index (κ1) is 16.9. The van der Waals surface area contributed by atoms with Crippen LogP contribution in [0, 0.1) is 0 Å². The number of methoxy groups -OCH3 is 2. The van der Waals surface area contributed by atoms with Crippen molar-refractivity contribution in [3.8, 4) is 17.2 Å². The van der Waals surface area contributed by atoms with Crippen LogP contribution in [0.3, 0.4) is 0 Å². The van der Waals surface area contributed by atoms with Crippen LogP contribution in [-0.2, 0) is 6.54 Å². The molecule has 0 N–H and O–H groups in total. The van der Waals surface area contributed by atoms with Gasteiger partial charge in [0.1, 0.15) is 24.5 Å². The Hall–Kier alpha value is -2.54. The van der Waals surface area contributed by atoms with E-state index in [4.69, 9.17) is 14.2 Å². The average molecular weight is 416 g/mol. The van der Waals surface area contributed by atoms with Gasteiger partial charge in [-0.3, -0.25) is 0 Å². The summed E-state index contributed by atoms with van der Waals surface area (Å²) < 4.78 is 17.8. The normalized spacial score (nSPS) is 13.7. The lowest BCUT2D eigenvalue weighted by Gasteiger charge is -2.22. The van der Waals surface area contributed by atoms with Crippen LogP contribution in [-0.4, -0.2) is 37.3 Å². The molecule has 7 heteroatoms. The Morgan fingerprint density at radius 2 is 1.88 bits per heavy atom. The van der Waals surface area contributed by atoms with Gasteiger partial charge in [0, 0.05) is 28.0 Å². The molecule has 0 saturated heterocycles. The van der Waals surface area contributed by atoms with E-state index in [1.807, 2.05) is 24.3 Å². The van der Waals surface area contributed by atoms with Gasteiger partial charge in [-0.05, 0) is 24.3 Å². The van der Waals surface area contributed by atoms with Gasteiger partial charge >= 0.3 is 0 Å². The second-order valence-corrected chi connectivity index (χ2v) is 6.86. The third-order valence-corrected chi connectivity index (χ3v) is 4.91. The van der Waals surface area contributed by atoms with Crippen molar-refractivity contribution in [2.45, 2.75) is 6.54 Å². The number of ether oxygens (including phenoxy) is 3. The number of benzene rings is 2. The molecular formula is C19H18BrN3O3. The van der Waals surface area contributed by atoms with E-state index in [1.165, 1.54) is 0 Å². The molecular weight excluding hydrogens is 398 g/mol. The van der Waals surface area contributed by atoms with Crippen LogP contribution >= 0.6 is 15.9 Å². The Kier molecular flexibility index (Phi) is 4.55. The summed E-state index contributed by atoms with van der Waals surface area (Å²) >= 11 is 3.54. The lowest BCUT2D eigenvalue weighted by molar-refractivity contribution is 0.331. The van der Waals surface area contributed by atoms with E-state index < -0.39 is 0 Å². The van der Waals surface area contributed by atoms with Crippen molar-refractivity contribution < 1.29 is 14.2 Å². The Balaban J connectivity index is 1.81. The molecule has 2 aromatic carbocycles. The van der Waals surface area contributed by atoms with E-state index in [-0.39, 0.29) is 0 Å². The predicted octanol–water partition coefficient (Wildman–Crippen LogP) is 3.81. The summed E-state index contributed by atoms with van der Waals surface area (Å²) in [4.78, 5) is 11.1. The Morgan fingerprint density at radius 3 is 2.69 bits per heavy atom. The van der Waals surface area contributed by atoms with Gasteiger partial charge < -0.3 is 19.1 Å². The fourth-order valence-corrected chi connectivity index (χ4v) is 3.57. The summed E-state index contributed by atoms with van der Waals surface area (Å²) in [5, 5.41) is 0.920. The Bertz CT molecular complexity index is 964. The standard InChI is InChI=1S/C19H18BrN3O3/c1-24-17-8-14-15(9-18(17)25-2)21-11-22-19(14)23-5-6-26-16-4-3-13(20)7-12(16)10-23/h3-4,7-9,11H,5-6,10H2,1-2H3. The van der Waals surface area contributed by atoms with Crippen molar-refractivity contribution in [1.29, 1.82) is 0 Å². The van der Waals surface area contributed by atoms with Crippen LogP contribution in [0.25, 0.3) is 10.9 Å². The first-order chi connectivity index (χ1) is 12.7. The van der Waals surface area contributed by atoms with E-state index in [1.54, 1.807) is 20.5 Å². The maximum atomic E-state index is 5.90. The monoisotopic (exact) mass is 415 g/mol. The summed E-state index contributed by atoms with van der Waals surface area (Å²) in [6.07, 6.45) is 1.58. The van der Waals surface area contributed by atoms with Gasteiger partial charge in [-0.25, -0.2) is 9.97 Å². The summed E-state index contributed by atoms with van der Waals surface area (Å²) in [6.45, 7) is 2.02. The van der Waals surface area contributed by atoms with E-state index in [0.29, 0.717) is 24.7 Å². The SMILES string of the molecule is COc1cc2ncnc(N3CCOc4ccc(Br)cc4C3)c2cc1OC. The highest BCUT2D eigenvalue weighted by Crippen LogP contribution is 2.36. The molecule has 0 unspecified atom stereocenters. The van der Waals surface area contributed by atoms with Crippen LogP contribution in [0.4, 0.5) is 5.82 Å². The van der Waals surface area contributed by atoms with Crippen LogP contribution in [0.15, 0.2) is 41.1 Å². The van der Waals surface area contributed by atoms with Gasteiger partial charge in [-0.15, -0.1) is 0 Å². The second kappa shape index (κ2) is 6.99. The smallest absolute Gasteiger partial charge is 0.162 e. The fourth-order valence-electron chi connectivity index (χ4n) is 3.17. The highest BCUT2D eigenvalue weighted by molar-refractivity contribution is 9.10. The van der Waals surface area contributed by atoms with Crippen molar-refractivity contribution in [2.75, 3.05) is 32.3 Å². The fraction of sp³-hybridized carbons (Fsp3) is 0.263. The molecule has 3 aromatic rings. The third-order valence-electron chi connectivity index (χ3n) is 4.42. The van der Waals surface area contributed by atoms with Crippen LogP contribution in [0.1, 0.15) is 5.56 Å². The molecule has 2 heterocycles. The highest BCUT2D eigenvalue weighted by atomic mass is 79.9. The van der Waals surface area contributed by atoms with Crippen molar-refractivity contribution in [3.05, 3.63) is 46.7 Å². The molecule has 0 saturated carbocycles. The maximum absolute atomic E-state index is 5.90. The molecule has 0 amide bonds. The van der Waals surface area contributed by atoms with Crippen LogP contribution < -0.4 is 19.1 Å². The maximum Gasteiger partial charge on any atom is 0.162 e. The first-order valence-corrected chi connectivity index (χ1v) is 9.02. The second-order valence-electron chi connectivity index (χ2n) is 5.94. The van der Waals surface area contributed by atoms with Crippen molar-refractivity contribution in [3.63, 3.8) is 0 Å². The summed E-state index contributed by atoms with van der Waals surface area (Å²) in [5.74, 6) is 3.07. The lowest BCUT2D eigenvalue weighted by atomic mass is 10.1. The van der Waals surface area contributed by atoms with Crippen LogP contribution in [0.2, 0.25) is 0 Å². The van der Waals surface area contributed by atoms with Crippen molar-refractivity contribution in [1.82, 2.24) is 9.97 Å². The first-order valence-electron chi connectivity index (χ1n) is 8.22. The molecule has 26 heavy (non-hydrogen) atoms. The number of hydrogen-bond donors (Lipinski definition) is 0. The van der Waals surface area contributed by atoms with Crippen molar-refractivity contribution in [2.24, 2.45) is 0 Å². The number of rotatable bonds is 3. The van der Waals surface area contributed by atoms with Gasteiger partial charge in [0.05, 0.1) is 26.3 Å². The molecule has 1 aliphatic heterocycles. The van der Waals surface area contributed by atoms with Gasteiger partial charge in [0.2, 0.25) is 0 Å². The number of hydrogen-bond acceptors (Lipinski definition) is 6. The molecule has 0 fully saturated rings. The minimum absolute atomic E-state index is 0.591. The predicted molar refractivity (Wildman–Crippen MR) is 103 cm³/mol. The summed E-state index contributed by atoms with van der Waals surface area (Å²) in [6, 6.07) is 9.87. The quantitative estimate of drug-likeness (QED) is 0.648. The zero-order chi connectivity index (χ0) is 18.1. The molecule has 0 aliphatic carbocycles. The van der Waals surface area contributed by atoms with E-state index >= 15 is 0 Å². The molecule has 4 rings (SSSR count). The van der Waals surface area contributed by atoms with Crippen LogP contribution in [0.5, 0.6) is 17.2 Å². The molecule has 134 valence electrons. The molecule has 0 spiro atoms. The topological polar surface area (TPSA) is 56.7 Å². The molecule has 0 atom stereocenters. The highest BCUT2D eigenvalue weighted by Gasteiger charge is 2.20. The zero-order valence-electron chi connectivity index (χ0n) is 14.5. The zero-order valence-corrected chi connectivity index (χ0v) is 16.1. The minimum atomic E-state index is 0.591. The summed E-state index contributed by atoms with van der Waals surface area (Å²) in [7, 11) is 3.24. The number of fused-ring (bicyclic) bond motifs is 2. The van der Waals surface area contributed by atoms with Gasteiger partial charge in [-0.1, -0.05) is 15.9 Å². The van der Waals surface area contributed by atoms with E-state index in [2.05, 4.69) is 36.9 Å². The molecule has 0 bridgehead atoms. The number of aromatic nitrogens is 2. The largest absolute Gasteiger partial charge is 0.493 e. The minimum Gasteiger partial charge on any atom is -0.493 e. The van der Waals surface area contributed by atoms with Gasteiger partial charge in [0.15, 0.2) is 11.5 Å². The van der Waals surface area contributed by atoms with Gasteiger partial charge in [-0.2, -0.15) is 0 Å². The molecule has 0 radical (unpaired) electrons. The molecule has 1 aromatic heterocycles. The number of nitrogens with zero attached hydrogens (tertiary/aromatic N) is 3. The lowest BCUT2D eigenvalue weighted by Crippen LogP contribution is -2.26.